The number of phenols is 2. The van der Waals surface area contributed by atoms with Crippen molar-refractivity contribution >= 4 is 11.7 Å². The third kappa shape index (κ3) is 3.36. The van der Waals surface area contributed by atoms with Crippen LogP contribution in [0.15, 0.2) is 42.5 Å². The Bertz CT molecular complexity index is 718. The molecule has 3 rings (SSSR count). The van der Waals surface area contributed by atoms with Gasteiger partial charge in [0, 0.05) is 30.8 Å². The Hall–Kier alpha value is -2.76. The monoisotopic (exact) mass is 316 g/mol. The van der Waals surface area contributed by atoms with Gasteiger partial charge >= 0.3 is 6.03 Å². The molecule has 1 aliphatic heterocycles. The van der Waals surface area contributed by atoms with Crippen molar-refractivity contribution in [2.45, 2.75) is 12.3 Å². The van der Waals surface area contributed by atoms with E-state index in [1.54, 1.807) is 11.0 Å². The van der Waals surface area contributed by atoms with Crippen molar-refractivity contribution in [3.8, 4) is 11.5 Å². The molecule has 2 amide bonds. The second-order valence-electron chi connectivity index (χ2n) is 5.61. The van der Waals surface area contributed by atoms with Crippen LogP contribution in [-0.2, 0) is 0 Å². The average molecular weight is 316 g/mol. The normalized spacial score (nSPS) is 17.3. The zero-order chi connectivity index (χ0) is 16.4. The van der Waals surface area contributed by atoms with Gasteiger partial charge in [-0.3, -0.25) is 0 Å². The number of rotatable bonds is 2. The van der Waals surface area contributed by atoms with Gasteiger partial charge in [-0.1, -0.05) is 6.07 Å². The second kappa shape index (κ2) is 6.16. The fraction of sp³-hybridized carbons (Fsp3) is 0.235. The number of aromatic hydroxyl groups is 2. The van der Waals surface area contributed by atoms with E-state index in [4.69, 9.17) is 0 Å². The number of amides is 2. The third-order valence-corrected chi connectivity index (χ3v) is 4.02. The molecule has 0 saturated carbocycles. The molecule has 0 aromatic heterocycles. The fourth-order valence-corrected chi connectivity index (χ4v) is 2.81. The van der Waals surface area contributed by atoms with Crippen LogP contribution in [0.1, 0.15) is 17.9 Å². The van der Waals surface area contributed by atoms with Crippen LogP contribution in [0.25, 0.3) is 0 Å². The molecule has 1 atom stereocenters. The Kier molecular flexibility index (Phi) is 4.06. The van der Waals surface area contributed by atoms with Crippen molar-refractivity contribution in [1.82, 2.24) is 4.90 Å². The van der Waals surface area contributed by atoms with Gasteiger partial charge in [-0.05, 0) is 42.3 Å². The summed E-state index contributed by atoms with van der Waals surface area (Å²) in [4.78, 5) is 13.9. The number of anilines is 1. The lowest BCUT2D eigenvalue weighted by molar-refractivity contribution is 0.222. The molecule has 1 unspecified atom stereocenters. The Labute approximate surface area is 133 Å². The zero-order valence-corrected chi connectivity index (χ0v) is 12.4. The molecule has 1 saturated heterocycles. The lowest BCUT2D eigenvalue weighted by Gasteiger charge is -2.18. The summed E-state index contributed by atoms with van der Waals surface area (Å²) in [6.07, 6.45) is 0.731. The summed E-state index contributed by atoms with van der Waals surface area (Å²) in [5.41, 5.74) is 1.26. The summed E-state index contributed by atoms with van der Waals surface area (Å²) in [7, 11) is 0. The molecular formula is C17H17FN2O3. The van der Waals surface area contributed by atoms with Gasteiger partial charge in [-0.15, -0.1) is 0 Å². The highest BCUT2D eigenvalue weighted by Crippen LogP contribution is 2.35. The van der Waals surface area contributed by atoms with Gasteiger partial charge in [-0.2, -0.15) is 0 Å². The topological polar surface area (TPSA) is 72.8 Å². The molecule has 2 aromatic rings. The van der Waals surface area contributed by atoms with Crippen molar-refractivity contribution < 1.29 is 19.4 Å². The molecule has 0 radical (unpaired) electrons. The highest BCUT2D eigenvalue weighted by molar-refractivity contribution is 5.89. The highest BCUT2D eigenvalue weighted by Gasteiger charge is 2.29. The van der Waals surface area contributed by atoms with Gasteiger partial charge in [0.05, 0.1) is 0 Å². The molecule has 23 heavy (non-hydrogen) atoms. The van der Waals surface area contributed by atoms with Gasteiger partial charge in [0.15, 0.2) is 0 Å². The minimum atomic E-state index is -0.355. The Morgan fingerprint density at radius 2 is 1.91 bits per heavy atom. The van der Waals surface area contributed by atoms with Crippen LogP contribution in [0.2, 0.25) is 0 Å². The molecule has 1 aliphatic rings. The quantitative estimate of drug-likeness (QED) is 0.796. The number of phenolic OH excluding ortho intramolecular Hbond substituents is 2. The predicted octanol–water partition coefficient (Wildman–Crippen LogP) is 3.26. The minimum Gasteiger partial charge on any atom is -0.508 e. The molecular weight excluding hydrogens is 299 g/mol. The van der Waals surface area contributed by atoms with Gasteiger partial charge < -0.3 is 20.4 Å². The molecule has 120 valence electrons. The van der Waals surface area contributed by atoms with E-state index >= 15 is 0 Å². The molecule has 0 spiro atoms. The van der Waals surface area contributed by atoms with Crippen LogP contribution in [0.3, 0.4) is 0 Å². The molecule has 1 heterocycles. The number of benzene rings is 2. The van der Waals surface area contributed by atoms with E-state index in [2.05, 4.69) is 5.32 Å². The SMILES string of the molecule is O=C(Nc1ccc(F)cc1)N1CCC(c2ccc(O)cc2O)C1. The first-order valence-corrected chi connectivity index (χ1v) is 7.36. The van der Waals surface area contributed by atoms with Crippen molar-refractivity contribution in [1.29, 1.82) is 0 Å². The van der Waals surface area contributed by atoms with E-state index in [9.17, 15) is 19.4 Å². The van der Waals surface area contributed by atoms with Crippen molar-refractivity contribution in [3.63, 3.8) is 0 Å². The van der Waals surface area contributed by atoms with Gasteiger partial charge in [-0.25, -0.2) is 9.18 Å². The molecule has 0 bridgehead atoms. The van der Waals surface area contributed by atoms with Gasteiger partial charge in [0.25, 0.3) is 0 Å². The summed E-state index contributed by atoms with van der Waals surface area (Å²) >= 11 is 0. The highest BCUT2D eigenvalue weighted by atomic mass is 19.1. The second-order valence-corrected chi connectivity index (χ2v) is 5.61. The number of carbonyl (C=O) groups excluding carboxylic acids is 1. The Balaban J connectivity index is 1.64. The van der Waals surface area contributed by atoms with Crippen molar-refractivity contribution in [3.05, 3.63) is 53.8 Å². The number of nitrogens with one attached hydrogen (secondary N) is 1. The maximum absolute atomic E-state index is 12.9. The summed E-state index contributed by atoms with van der Waals surface area (Å²) in [6.45, 7) is 1.05. The molecule has 5 nitrogen and oxygen atoms in total. The van der Waals surface area contributed by atoms with E-state index in [1.807, 2.05) is 0 Å². The number of carbonyl (C=O) groups is 1. The lowest BCUT2D eigenvalue weighted by atomic mass is 9.97. The molecule has 1 fully saturated rings. The summed E-state index contributed by atoms with van der Waals surface area (Å²) in [6, 6.07) is 9.84. The van der Waals surface area contributed by atoms with E-state index in [0.29, 0.717) is 18.8 Å². The molecule has 0 aliphatic carbocycles. The first-order chi connectivity index (χ1) is 11.0. The van der Waals surface area contributed by atoms with Crippen LogP contribution in [0.4, 0.5) is 14.9 Å². The molecule has 2 aromatic carbocycles. The Morgan fingerprint density at radius 1 is 1.17 bits per heavy atom. The van der Waals surface area contributed by atoms with Crippen LogP contribution in [-0.4, -0.2) is 34.2 Å². The maximum Gasteiger partial charge on any atom is 0.321 e. The van der Waals surface area contributed by atoms with Crippen LogP contribution in [0, 0.1) is 5.82 Å². The summed E-state index contributed by atoms with van der Waals surface area (Å²) in [5.74, 6) is -0.285. The van der Waals surface area contributed by atoms with Gasteiger partial charge in [0.2, 0.25) is 0 Å². The molecule has 3 N–H and O–H groups in total. The van der Waals surface area contributed by atoms with Crippen LogP contribution >= 0.6 is 0 Å². The largest absolute Gasteiger partial charge is 0.508 e. The minimum absolute atomic E-state index is 0.00940. The maximum atomic E-state index is 12.9. The van der Waals surface area contributed by atoms with Crippen LogP contribution in [0.5, 0.6) is 11.5 Å². The van der Waals surface area contributed by atoms with E-state index in [-0.39, 0.29) is 29.3 Å². The number of hydrogen-bond donors (Lipinski definition) is 3. The molecule has 6 heteroatoms. The first-order valence-electron chi connectivity index (χ1n) is 7.36. The number of urea groups is 1. The van der Waals surface area contributed by atoms with E-state index in [1.165, 1.54) is 36.4 Å². The standard InChI is InChI=1S/C17H17FN2O3/c18-12-1-3-13(4-2-12)19-17(23)20-8-7-11(10-20)15-6-5-14(21)9-16(15)22/h1-6,9,11,21-22H,7-8,10H2,(H,19,23). The van der Waals surface area contributed by atoms with Gasteiger partial charge in [0.1, 0.15) is 17.3 Å². The van der Waals surface area contributed by atoms with E-state index < -0.39 is 0 Å². The number of nitrogens with zero attached hydrogens (tertiary/aromatic N) is 1. The van der Waals surface area contributed by atoms with Crippen molar-refractivity contribution in [2.75, 3.05) is 18.4 Å². The number of hydrogen-bond acceptors (Lipinski definition) is 3. The third-order valence-electron chi connectivity index (χ3n) is 4.02. The van der Waals surface area contributed by atoms with Crippen LogP contribution < -0.4 is 5.32 Å². The number of likely N-dealkylation sites (tertiary alicyclic amines) is 1. The predicted molar refractivity (Wildman–Crippen MR) is 84.1 cm³/mol. The van der Waals surface area contributed by atoms with Crippen molar-refractivity contribution in [2.24, 2.45) is 0 Å². The summed E-state index contributed by atoms with van der Waals surface area (Å²) < 4.78 is 12.9. The fourth-order valence-electron chi connectivity index (χ4n) is 2.81. The first kappa shape index (κ1) is 15.1. The summed E-state index contributed by atoms with van der Waals surface area (Å²) in [5, 5.41) is 22.0. The smallest absolute Gasteiger partial charge is 0.321 e. The average Bonchev–Trinajstić information content (AvgIpc) is 2.99. The van der Waals surface area contributed by atoms with E-state index in [0.717, 1.165) is 12.0 Å². The zero-order valence-electron chi connectivity index (χ0n) is 12.4. The number of halogens is 1. The lowest BCUT2D eigenvalue weighted by Crippen LogP contribution is -2.32. The Morgan fingerprint density at radius 3 is 2.61 bits per heavy atom.